The third-order valence-electron chi connectivity index (χ3n) is 4.37. The first-order chi connectivity index (χ1) is 11.8. The molecule has 0 spiro atoms. The van der Waals surface area contributed by atoms with Crippen LogP contribution in [0, 0.1) is 0 Å². The number of aromatic carboxylic acids is 1. The van der Waals surface area contributed by atoms with E-state index in [1.54, 1.807) is 12.1 Å². The fourth-order valence-corrected chi connectivity index (χ4v) is 3.01. The Morgan fingerprint density at radius 1 is 1.44 bits per heavy atom. The van der Waals surface area contributed by atoms with E-state index in [0.717, 1.165) is 5.56 Å². The Labute approximate surface area is 144 Å². The smallest absolute Gasteiger partial charge is 0.522 e. The Morgan fingerprint density at radius 3 is 2.80 bits per heavy atom. The molecule has 1 fully saturated rings. The zero-order chi connectivity index (χ0) is 18.1. The highest BCUT2D eigenvalue weighted by Crippen LogP contribution is 2.37. The molecule has 3 rings (SSSR count). The number of nitrogens with two attached hydrogens (primary N) is 2. The number of amides is 1. The lowest BCUT2D eigenvalue weighted by Crippen LogP contribution is -2.58. The zero-order valence-electron chi connectivity index (χ0n) is 13.6. The predicted octanol–water partition coefficient (Wildman–Crippen LogP) is -1.32. The van der Waals surface area contributed by atoms with Crippen molar-refractivity contribution in [1.29, 1.82) is 0 Å². The van der Waals surface area contributed by atoms with Gasteiger partial charge in [0.25, 0.3) is 0 Å². The summed E-state index contributed by atoms with van der Waals surface area (Å²) >= 11 is 0. The summed E-state index contributed by atoms with van der Waals surface area (Å²) in [6, 6.07) is 2.62. The summed E-state index contributed by atoms with van der Waals surface area (Å²) in [5.41, 5.74) is 11.4. The molecule has 10 heteroatoms. The van der Waals surface area contributed by atoms with Gasteiger partial charge in [-0.15, -0.1) is 0 Å². The lowest BCUT2D eigenvalue weighted by molar-refractivity contribution is -0.120. The minimum absolute atomic E-state index is 0.0801. The summed E-state index contributed by atoms with van der Waals surface area (Å²) in [5, 5.41) is 19.2. The van der Waals surface area contributed by atoms with Gasteiger partial charge in [0.05, 0.1) is 6.04 Å². The molecule has 1 saturated heterocycles. The first-order valence-electron chi connectivity index (χ1n) is 8.03. The lowest BCUT2D eigenvalue weighted by atomic mass is 9.78. The van der Waals surface area contributed by atoms with Crippen molar-refractivity contribution < 1.29 is 29.1 Å². The highest BCUT2D eigenvalue weighted by atomic mass is 16.5. The van der Waals surface area contributed by atoms with Crippen LogP contribution < -0.4 is 20.9 Å². The molecule has 1 aromatic rings. The Morgan fingerprint density at radius 2 is 2.16 bits per heavy atom. The Hall–Kier alpha value is -2.30. The first kappa shape index (κ1) is 17.5. The van der Waals surface area contributed by atoms with Crippen molar-refractivity contribution in [3.05, 3.63) is 23.3 Å². The highest BCUT2D eigenvalue weighted by molar-refractivity contribution is 6.44. The van der Waals surface area contributed by atoms with Crippen molar-refractivity contribution in [2.24, 2.45) is 11.5 Å². The van der Waals surface area contributed by atoms with Crippen molar-refractivity contribution in [1.82, 2.24) is 4.90 Å². The standard InChI is InChI=1S/C15H20BN3O6/c17-10(14(18)20)7-19-5-9(6-19)24-11-2-1-8-3-4-16(23)25-13(8)12(11)15(21)22/h1-2,9-10,23H,3-7,17H2,(H2,18,20)(H,21,22). The third kappa shape index (κ3) is 3.70. The van der Waals surface area contributed by atoms with Gasteiger partial charge in [-0.25, -0.2) is 4.79 Å². The number of benzene rings is 1. The molecule has 0 aromatic heterocycles. The van der Waals surface area contributed by atoms with Gasteiger partial charge in [0, 0.05) is 19.6 Å². The van der Waals surface area contributed by atoms with Crippen LogP contribution in [0.3, 0.4) is 0 Å². The van der Waals surface area contributed by atoms with Crippen LogP contribution in [-0.4, -0.2) is 65.8 Å². The number of carboxylic acids is 1. The second-order valence-electron chi connectivity index (χ2n) is 6.31. The largest absolute Gasteiger partial charge is 0.535 e. The number of nitrogens with zero attached hydrogens (tertiary/aromatic N) is 1. The maximum atomic E-state index is 11.7. The van der Waals surface area contributed by atoms with Gasteiger partial charge in [0.1, 0.15) is 23.2 Å². The van der Waals surface area contributed by atoms with Crippen molar-refractivity contribution in [3.63, 3.8) is 0 Å². The number of aryl methyl sites for hydroxylation is 1. The molecule has 2 aliphatic rings. The number of likely N-dealkylation sites (tertiary alicyclic amines) is 1. The van der Waals surface area contributed by atoms with Crippen LogP contribution in [0.15, 0.2) is 12.1 Å². The molecule has 0 saturated carbocycles. The Balaban J connectivity index is 1.69. The number of rotatable bonds is 6. The molecule has 9 nitrogen and oxygen atoms in total. The van der Waals surface area contributed by atoms with Gasteiger partial charge in [-0.3, -0.25) is 9.69 Å². The number of hydrogen-bond donors (Lipinski definition) is 4. The number of ether oxygens (including phenoxy) is 1. The number of fused-ring (bicyclic) bond motifs is 1. The molecule has 1 aromatic carbocycles. The Bertz CT molecular complexity index is 694. The van der Waals surface area contributed by atoms with Crippen LogP contribution in [0.4, 0.5) is 0 Å². The van der Waals surface area contributed by atoms with Gasteiger partial charge in [0.15, 0.2) is 0 Å². The summed E-state index contributed by atoms with van der Waals surface area (Å²) in [4.78, 5) is 24.5. The van der Waals surface area contributed by atoms with E-state index in [2.05, 4.69) is 0 Å². The second kappa shape index (κ2) is 6.91. The van der Waals surface area contributed by atoms with Crippen LogP contribution >= 0.6 is 0 Å². The number of hydrogen-bond acceptors (Lipinski definition) is 7. The Kier molecular flexibility index (Phi) is 4.84. The lowest BCUT2D eigenvalue weighted by Gasteiger charge is -2.40. The third-order valence-corrected chi connectivity index (χ3v) is 4.37. The molecule has 1 atom stereocenters. The highest BCUT2D eigenvalue weighted by Gasteiger charge is 2.34. The number of carboxylic acid groups (broad SMARTS) is 1. The van der Waals surface area contributed by atoms with Gasteiger partial charge < -0.3 is 31.0 Å². The van der Waals surface area contributed by atoms with Crippen LogP contribution in [0.1, 0.15) is 15.9 Å². The van der Waals surface area contributed by atoms with E-state index in [0.29, 0.717) is 32.4 Å². The fourth-order valence-electron chi connectivity index (χ4n) is 3.01. The number of carbonyl (C=O) groups is 2. The SMILES string of the molecule is NC(=O)C(N)CN1CC(Oc2ccc3c(c2C(=O)O)OB(O)CC3)C1. The van der Waals surface area contributed by atoms with E-state index in [1.165, 1.54) is 0 Å². The number of primary amides is 1. The molecule has 2 aliphatic heterocycles. The molecular weight excluding hydrogens is 329 g/mol. The van der Waals surface area contributed by atoms with E-state index in [4.69, 9.17) is 20.9 Å². The normalized spacial score (nSPS) is 18.7. The molecule has 0 aliphatic carbocycles. The molecular formula is C15H20BN3O6. The molecule has 0 radical (unpaired) electrons. The van der Waals surface area contributed by atoms with Crippen molar-refractivity contribution in [3.8, 4) is 11.5 Å². The minimum atomic E-state index is -1.17. The molecule has 0 bridgehead atoms. The molecule has 2 heterocycles. The minimum Gasteiger partial charge on any atom is -0.535 e. The quantitative estimate of drug-likeness (QED) is 0.462. The predicted molar refractivity (Wildman–Crippen MR) is 88.5 cm³/mol. The molecule has 1 amide bonds. The summed E-state index contributed by atoms with van der Waals surface area (Å²) in [7, 11) is -1.02. The van der Waals surface area contributed by atoms with Gasteiger partial charge in [0.2, 0.25) is 5.91 Å². The van der Waals surface area contributed by atoms with Crippen LogP contribution in [0.5, 0.6) is 11.5 Å². The van der Waals surface area contributed by atoms with Crippen molar-refractivity contribution in [2.45, 2.75) is 24.9 Å². The molecule has 134 valence electrons. The van der Waals surface area contributed by atoms with Gasteiger partial charge >= 0.3 is 13.1 Å². The van der Waals surface area contributed by atoms with E-state index in [-0.39, 0.29) is 23.2 Å². The topological polar surface area (TPSA) is 148 Å². The zero-order valence-corrected chi connectivity index (χ0v) is 13.6. The molecule has 1 unspecified atom stereocenters. The fraction of sp³-hybridized carbons (Fsp3) is 0.467. The van der Waals surface area contributed by atoms with Crippen LogP contribution in [-0.2, 0) is 11.2 Å². The summed E-state index contributed by atoms with van der Waals surface area (Å²) in [5.74, 6) is -1.38. The average Bonchev–Trinajstić information content (AvgIpc) is 2.51. The maximum absolute atomic E-state index is 11.7. The van der Waals surface area contributed by atoms with E-state index >= 15 is 0 Å². The number of carbonyl (C=O) groups excluding carboxylic acids is 1. The summed E-state index contributed by atoms with van der Waals surface area (Å²) in [6.07, 6.45) is 0.744. The molecule has 25 heavy (non-hydrogen) atoms. The summed E-state index contributed by atoms with van der Waals surface area (Å²) in [6.45, 7) is 1.36. The maximum Gasteiger partial charge on any atom is 0.522 e. The average molecular weight is 349 g/mol. The first-order valence-corrected chi connectivity index (χ1v) is 8.03. The van der Waals surface area contributed by atoms with E-state index in [1.807, 2.05) is 4.90 Å². The van der Waals surface area contributed by atoms with Crippen molar-refractivity contribution >= 4 is 19.0 Å². The van der Waals surface area contributed by atoms with Crippen LogP contribution in [0.25, 0.3) is 0 Å². The van der Waals surface area contributed by atoms with Gasteiger partial charge in [-0.05, 0) is 24.4 Å². The second-order valence-corrected chi connectivity index (χ2v) is 6.31. The van der Waals surface area contributed by atoms with Crippen molar-refractivity contribution in [2.75, 3.05) is 19.6 Å². The van der Waals surface area contributed by atoms with E-state index in [9.17, 15) is 19.7 Å². The summed E-state index contributed by atoms with van der Waals surface area (Å²) < 4.78 is 11.1. The monoisotopic (exact) mass is 349 g/mol. The van der Waals surface area contributed by atoms with Gasteiger partial charge in [-0.1, -0.05) is 6.07 Å². The molecule has 6 N–H and O–H groups in total. The van der Waals surface area contributed by atoms with Crippen LogP contribution in [0.2, 0.25) is 6.32 Å². The van der Waals surface area contributed by atoms with E-state index < -0.39 is 25.0 Å². The van der Waals surface area contributed by atoms with Gasteiger partial charge in [-0.2, -0.15) is 0 Å².